The van der Waals surface area contributed by atoms with Crippen LogP contribution >= 0.6 is 11.8 Å². The lowest BCUT2D eigenvalue weighted by molar-refractivity contribution is -0.124. The molecular weight excluding hydrogens is 324 g/mol. The van der Waals surface area contributed by atoms with Crippen LogP contribution in [0.2, 0.25) is 0 Å². The molecule has 0 radical (unpaired) electrons. The van der Waals surface area contributed by atoms with Gasteiger partial charge in [0, 0.05) is 29.4 Å². The zero-order chi connectivity index (χ0) is 16.8. The molecule has 1 unspecified atom stereocenters. The SMILES string of the molecule is O=C1CCC(c2cccc(NC(=O)CSc3ccncc3)c2)NN1. The molecule has 6 nitrogen and oxygen atoms in total. The molecule has 0 aliphatic carbocycles. The third-order valence-electron chi connectivity index (χ3n) is 3.64. The van der Waals surface area contributed by atoms with E-state index in [4.69, 9.17) is 0 Å². The number of nitrogens with zero attached hydrogens (tertiary/aromatic N) is 1. The second kappa shape index (κ2) is 7.94. The molecule has 0 spiro atoms. The summed E-state index contributed by atoms with van der Waals surface area (Å²) in [6.45, 7) is 0. The fraction of sp³-hybridized carbons (Fsp3) is 0.235. The van der Waals surface area contributed by atoms with Gasteiger partial charge in [-0.15, -0.1) is 11.8 Å². The Morgan fingerprint density at radius 2 is 2.12 bits per heavy atom. The third kappa shape index (κ3) is 4.56. The van der Waals surface area contributed by atoms with Crippen molar-refractivity contribution in [2.75, 3.05) is 11.1 Å². The Bertz CT molecular complexity index is 714. The van der Waals surface area contributed by atoms with Gasteiger partial charge in [-0.05, 0) is 36.2 Å². The molecule has 1 aromatic heterocycles. The van der Waals surface area contributed by atoms with Crippen molar-refractivity contribution in [2.24, 2.45) is 0 Å². The zero-order valence-electron chi connectivity index (χ0n) is 13.0. The van der Waals surface area contributed by atoms with E-state index in [1.165, 1.54) is 11.8 Å². The number of amides is 2. The highest BCUT2D eigenvalue weighted by Gasteiger charge is 2.19. The van der Waals surface area contributed by atoms with E-state index in [-0.39, 0.29) is 17.9 Å². The lowest BCUT2D eigenvalue weighted by Gasteiger charge is -2.24. The summed E-state index contributed by atoms with van der Waals surface area (Å²) in [5.74, 6) is 0.286. The highest BCUT2D eigenvalue weighted by Crippen LogP contribution is 2.23. The van der Waals surface area contributed by atoms with Crippen LogP contribution in [0.3, 0.4) is 0 Å². The number of anilines is 1. The summed E-state index contributed by atoms with van der Waals surface area (Å²) >= 11 is 1.47. The van der Waals surface area contributed by atoms with Crippen LogP contribution in [-0.2, 0) is 9.59 Å². The molecule has 2 aromatic rings. The van der Waals surface area contributed by atoms with E-state index < -0.39 is 0 Å². The Kier molecular flexibility index (Phi) is 5.45. The van der Waals surface area contributed by atoms with Gasteiger partial charge < -0.3 is 5.32 Å². The number of nitrogens with one attached hydrogen (secondary N) is 3. The molecule has 24 heavy (non-hydrogen) atoms. The Labute approximate surface area is 144 Å². The minimum Gasteiger partial charge on any atom is -0.325 e. The van der Waals surface area contributed by atoms with Crippen LogP contribution < -0.4 is 16.2 Å². The maximum atomic E-state index is 12.1. The van der Waals surface area contributed by atoms with Crippen molar-refractivity contribution in [2.45, 2.75) is 23.8 Å². The first-order chi connectivity index (χ1) is 11.7. The first-order valence-electron chi connectivity index (χ1n) is 7.68. The van der Waals surface area contributed by atoms with E-state index in [1.807, 2.05) is 36.4 Å². The van der Waals surface area contributed by atoms with E-state index in [2.05, 4.69) is 21.2 Å². The average Bonchev–Trinajstić information content (AvgIpc) is 2.62. The smallest absolute Gasteiger partial charge is 0.234 e. The molecule has 3 rings (SSSR count). The van der Waals surface area contributed by atoms with Crippen molar-refractivity contribution in [1.82, 2.24) is 15.8 Å². The highest BCUT2D eigenvalue weighted by atomic mass is 32.2. The number of pyridine rings is 1. The van der Waals surface area contributed by atoms with Crippen molar-refractivity contribution < 1.29 is 9.59 Å². The average molecular weight is 342 g/mol. The van der Waals surface area contributed by atoms with Crippen LogP contribution in [0.1, 0.15) is 24.4 Å². The minimum atomic E-state index is -0.0566. The van der Waals surface area contributed by atoms with Gasteiger partial charge in [-0.3, -0.25) is 20.0 Å². The highest BCUT2D eigenvalue weighted by molar-refractivity contribution is 8.00. The lowest BCUT2D eigenvalue weighted by Crippen LogP contribution is -2.44. The van der Waals surface area contributed by atoms with Crippen LogP contribution in [0.25, 0.3) is 0 Å². The van der Waals surface area contributed by atoms with Gasteiger partial charge in [0.15, 0.2) is 0 Å². The molecule has 3 N–H and O–H groups in total. The molecule has 1 aliphatic heterocycles. The van der Waals surface area contributed by atoms with Crippen molar-refractivity contribution in [1.29, 1.82) is 0 Å². The van der Waals surface area contributed by atoms with Gasteiger partial charge in [-0.1, -0.05) is 12.1 Å². The number of thioether (sulfide) groups is 1. The molecule has 1 fully saturated rings. The van der Waals surface area contributed by atoms with Gasteiger partial charge in [0.2, 0.25) is 11.8 Å². The van der Waals surface area contributed by atoms with Crippen molar-refractivity contribution in [3.8, 4) is 0 Å². The van der Waals surface area contributed by atoms with Crippen LogP contribution in [0.4, 0.5) is 5.69 Å². The number of carbonyl (C=O) groups excluding carboxylic acids is 2. The maximum Gasteiger partial charge on any atom is 0.234 e. The molecule has 1 aliphatic rings. The van der Waals surface area contributed by atoms with E-state index in [0.29, 0.717) is 12.2 Å². The maximum absolute atomic E-state index is 12.1. The van der Waals surface area contributed by atoms with E-state index in [9.17, 15) is 9.59 Å². The van der Waals surface area contributed by atoms with Gasteiger partial charge >= 0.3 is 0 Å². The zero-order valence-corrected chi connectivity index (χ0v) is 13.8. The Balaban J connectivity index is 1.56. The molecule has 2 heterocycles. The standard InChI is InChI=1S/C17H18N4O2S/c22-16-5-4-15(20-21-16)12-2-1-3-13(10-12)19-17(23)11-24-14-6-8-18-9-7-14/h1-3,6-10,15,20H,4-5,11H2,(H,19,23)(H,21,22). The summed E-state index contributed by atoms with van der Waals surface area (Å²) in [6, 6.07) is 11.5. The molecule has 0 saturated carbocycles. The van der Waals surface area contributed by atoms with Crippen LogP contribution in [0.5, 0.6) is 0 Å². The van der Waals surface area contributed by atoms with Gasteiger partial charge in [0.05, 0.1) is 11.8 Å². The molecule has 1 atom stereocenters. The number of rotatable bonds is 5. The van der Waals surface area contributed by atoms with Gasteiger partial charge in [-0.25, -0.2) is 5.43 Å². The molecule has 7 heteroatoms. The van der Waals surface area contributed by atoms with Crippen molar-refractivity contribution in [3.63, 3.8) is 0 Å². The predicted molar refractivity (Wildman–Crippen MR) is 93.3 cm³/mol. The Hall–Kier alpha value is -2.38. The summed E-state index contributed by atoms with van der Waals surface area (Å²) in [5, 5.41) is 2.91. The molecular formula is C17H18N4O2S. The van der Waals surface area contributed by atoms with Gasteiger partial charge in [0.1, 0.15) is 0 Å². The number of benzene rings is 1. The van der Waals surface area contributed by atoms with Gasteiger partial charge in [0.25, 0.3) is 0 Å². The van der Waals surface area contributed by atoms with Crippen molar-refractivity contribution in [3.05, 3.63) is 54.4 Å². The molecule has 124 valence electrons. The first kappa shape index (κ1) is 16.5. The van der Waals surface area contributed by atoms with Gasteiger partial charge in [-0.2, -0.15) is 0 Å². The van der Waals surface area contributed by atoms with E-state index >= 15 is 0 Å². The quantitative estimate of drug-likeness (QED) is 0.726. The summed E-state index contributed by atoms with van der Waals surface area (Å²) < 4.78 is 0. The number of hydrazine groups is 1. The fourth-order valence-corrected chi connectivity index (χ4v) is 3.13. The number of carbonyl (C=O) groups is 2. The summed E-state index contributed by atoms with van der Waals surface area (Å²) in [4.78, 5) is 28.3. The minimum absolute atomic E-state index is 0.00356. The second-order valence-corrected chi connectivity index (χ2v) is 6.48. The number of hydrogen-bond donors (Lipinski definition) is 3. The lowest BCUT2D eigenvalue weighted by atomic mass is 10.0. The van der Waals surface area contributed by atoms with E-state index in [0.717, 1.165) is 22.6 Å². The predicted octanol–water partition coefficient (Wildman–Crippen LogP) is 2.27. The van der Waals surface area contributed by atoms with Crippen LogP contribution in [0, 0.1) is 0 Å². The van der Waals surface area contributed by atoms with E-state index in [1.54, 1.807) is 12.4 Å². The largest absolute Gasteiger partial charge is 0.325 e. The second-order valence-electron chi connectivity index (χ2n) is 5.43. The summed E-state index contributed by atoms with van der Waals surface area (Å²) in [7, 11) is 0. The van der Waals surface area contributed by atoms with Crippen LogP contribution in [-0.4, -0.2) is 22.6 Å². The number of aromatic nitrogens is 1. The summed E-state index contributed by atoms with van der Waals surface area (Å²) in [6.07, 6.45) is 4.65. The normalized spacial score (nSPS) is 17.2. The summed E-state index contributed by atoms with van der Waals surface area (Å²) in [5.41, 5.74) is 7.43. The van der Waals surface area contributed by atoms with Crippen molar-refractivity contribution >= 4 is 29.3 Å². The monoisotopic (exact) mass is 342 g/mol. The molecule has 1 saturated heterocycles. The fourth-order valence-electron chi connectivity index (χ4n) is 2.44. The Morgan fingerprint density at radius 1 is 1.29 bits per heavy atom. The first-order valence-corrected chi connectivity index (χ1v) is 8.66. The Morgan fingerprint density at radius 3 is 2.88 bits per heavy atom. The molecule has 2 amide bonds. The molecule has 1 aromatic carbocycles. The third-order valence-corrected chi connectivity index (χ3v) is 4.65. The van der Waals surface area contributed by atoms with Crippen LogP contribution in [0.15, 0.2) is 53.7 Å². The topological polar surface area (TPSA) is 83.1 Å². The number of hydrogen-bond acceptors (Lipinski definition) is 5. The molecule has 0 bridgehead atoms.